The summed E-state index contributed by atoms with van der Waals surface area (Å²) in [6.45, 7) is 3.47. The lowest BCUT2D eigenvalue weighted by Gasteiger charge is -2.32. The molecule has 0 radical (unpaired) electrons. The Morgan fingerprint density at radius 3 is 3.08 bits per heavy atom. The fraction of sp³-hybridized carbons (Fsp3) is 0.533. The Morgan fingerprint density at radius 1 is 1.50 bits per heavy atom. The van der Waals surface area contributed by atoms with Crippen LogP contribution in [0.2, 0.25) is 0 Å². The van der Waals surface area contributed by atoms with E-state index in [1.807, 2.05) is 32.0 Å². The molecule has 2 aromatic heterocycles. The molecule has 24 heavy (non-hydrogen) atoms. The highest BCUT2D eigenvalue weighted by Crippen LogP contribution is 2.24. The van der Waals surface area contributed by atoms with Crippen molar-refractivity contribution >= 4 is 23.4 Å². The summed E-state index contributed by atoms with van der Waals surface area (Å²) in [6.07, 6.45) is 2.16. The third-order valence-electron chi connectivity index (χ3n) is 3.83. The largest absolute Gasteiger partial charge is 0.368 e. The summed E-state index contributed by atoms with van der Waals surface area (Å²) in [7, 11) is 3.78. The molecule has 1 aliphatic rings. The number of nitrogens with zero attached hydrogens (tertiary/aromatic N) is 6. The van der Waals surface area contributed by atoms with Crippen molar-refractivity contribution in [2.75, 3.05) is 38.7 Å². The zero-order valence-corrected chi connectivity index (χ0v) is 14.8. The molecule has 1 saturated heterocycles. The molecule has 3 rings (SSSR count). The SMILES string of the molecule is CCc1nnsc1C(=O)N1CCOC(c2ccnc(N(C)C)n2)C1. The minimum absolute atomic E-state index is 0.0305. The minimum atomic E-state index is -0.254. The first-order valence-electron chi connectivity index (χ1n) is 7.82. The van der Waals surface area contributed by atoms with E-state index in [1.54, 1.807) is 11.1 Å². The Morgan fingerprint density at radius 2 is 2.33 bits per heavy atom. The highest BCUT2D eigenvalue weighted by molar-refractivity contribution is 7.08. The number of hydrogen-bond donors (Lipinski definition) is 0. The van der Waals surface area contributed by atoms with Gasteiger partial charge in [-0.1, -0.05) is 11.4 Å². The van der Waals surface area contributed by atoms with Crippen LogP contribution in [0, 0.1) is 0 Å². The fourth-order valence-corrected chi connectivity index (χ4v) is 3.23. The molecule has 0 saturated carbocycles. The van der Waals surface area contributed by atoms with Gasteiger partial charge in [-0.25, -0.2) is 9.97 Å². The number of morpholine rings is 1. The molecular weight excluding hydrogens is 328 g/mol. The lowest BCUT2D eigenvalue weighted by molar-refractivity contribution is -0.0246. The maximum Gasteiger partial charge on any atom is 0.267 e. The van der Waals surface area contributed by atoms with Crippen molar-refractivity contribution in [2.45, 2.75) is 19.4 Å². The van der Waals surface area contributed by atoms with Crippen LogP contribution >= 0.6 is 11.5 Å². The molecule has 8 nitrogen and oxygen atoms in total. The Bertz CT molecular complexity index is 719. The summed E-state index contributed by atoms with van der Waals surface area (Å²) in [4.78, 5) is 25.7. The molecule has 1 unspecified atom stereocenters. The zero-order valence-electron chi connectivity index (χ0n) is 14.0. The van der Waals surface area contributed by atoms with Crippen LogP contribution in [0.4, 0.5) is 5.95 Å². The average molecular weight is 348 g/mol. The van der Waals surface area contributed by atoms with Gasteiger partial charge in [-0.05, 0) is 24.0 Å². The second kappa shape index (κ2) is 7.18. The molecule has 1 amide bonds. The van der Waals surface area contributed by atoms with Crippen molar-refractivity contribution in [2.24, 2.45) is 0 Å². The number of carbonyl (C=O) groups excluding carboxylic acids is 1. The van der Waals surface area contributed by atoms with Gasteiger partial charge in [0.15, 0.2) is 0 Å². The van der Waals surface area contributed by atoms with Crippen molar-refractivity contribution in [1.82, 2.24) is 24.5 Å². The third kappa shape index (κ3) is 3.36. The van der Waals surface area contributed by atoms with Crippen LogP contribution in [0.25, 0.3) is 0 Å². The van der Waals surface area contributed by atoms with Gasteiger partial charge in [0.2, 0.25) is 5.95 Å². The molecular formula is C15H20N6O2S. The van der Waals surface area contributed by atoms with E-state index in [2.05, 4.69) is 19.6 Å². The van der Waals surface area contributed by atoms with Gasteiger partial charge in [-0.3, -0.25) is 4.79 Å². The summed E-state index contributed by atoms with van der Waals surface area (Å²) < 4.78 is 9.73. The van der Waals surface area contributed by atoms with E-state index in [1.165, 1.54) is 0 Å². The number of anilines is 1. The quantitative estimate of drug-likeness (QED) is 0.820. The number of amides is 1. The minimum Gasteiger partial charge on any atom is -0.368 e. The second-order valence-electron chi connectivity index (χ2n) is 5.69. The standard InChI is InChI=1S/C15H20N6O2S/c1-4-10-13(24-19-18-10)14(22)21-7-8-23-12(9-21)11-5-6-16-15(17-11)20(2)3/h5-6,12H,4,7-9H2,1-3H3. The highest BCUT2D eigenvalue weighted by atomic mass is 32.1. The predicted octanol–water partition coefficient (Wildman–Crippen LogP) is 1.17. The molecule has 2 aromatic rings. The van der Waals surface area contributed by atoms with Crippen LogP contribution in [0.3, 0.4) is 0 Å². The molecule has 9 heteroatoms. The lowest BCUT2D eigenvalue weighted by Crippen LogP contribution is -2.42. The first kappa shape index (κ1) is 16.7. The summed E-state index contributed by atoms with van der Waals surface area (Å²) >= 11 is 1.15. The Balaban J connectivity index is 1.77. The highest BCUT2D eigenvalue weighted by Gasteiger charge is 2.29. The Hall–Kier alpha value is -2.13. The smallest absolute Gasteiger partial charge is 0.267 e. The van der Waals surface area contributed by atoms with Gasteiger partial charge < -0.3 is 14.5 Å². The molecule has 0 aliphatic carbocycles. The van der Waals surface area contributed by atoms with Crippen molar-refractivity contribution < 1.29 is 9.53 Å². The van der Waals surface area contributed by atoms with Crippen LogP contribution in [-0.2, 0) is 11.2 Å². The molecule has 3 heterocycles. The molecule has 0 N–H and O–H groups in total. The number of aromatic nitrogens is 4. The van der Waals surface area contributed by atoms with Crippen molar-refractivity contribution in [1.29, 1.82) is 0 Å². The zero-order chi connectivity index (χ0) is 17.1. The maximum absolute atomic E-state index is 12.8. The Kier molecular flexibility index (Phi) is 5.00. The van der Waals surface area contributed by atoms with E-state index in [-0.39, 0.29) is 12.0 Å². The fourth-order valence-electron chi connectivity index (χ4n) is 2.52. The molecule has 1 atom stereocenters. The summed E-state index contributed by atoms with van der Waals surface area (Å²) in [5.74, 6) is 0.594. The van der Waals surface area contributed by atoms with Crippen LogP contribution in [-0.4, -0.2) is 64.2 Å². The van der Waals surface area contributed by atoms with Gasteiger partial charge in [0.05, 0.1) is 24.5 Å². The summed E-state index contributed by atoms with van der Waals surface area (Å²) in [6, 6.07) is 1.83. The van der Waals surface area contributed by atoms with Crippen LogP contribution in [0.15, 0.2) is 12.3 Å². The third-order valence-corrected chi connectivity index (χ3v) is 4.59. The van der Waals surface area contributed by atoms with Crippen LogP contribution < -0.4 is 4.90 Å². The number of rotatable bonds is 4. The van der Waals surface area contributed by atoms with Gasteiger partial charge >= 0.3 is 0 Å². The molecule has 128 valence electrons. The van der Waals surface area contributed by atoms with Gasteiger partial charge in [0.25, 0.3) is 5.91 Å². The number of hydrogen-bond acceptors (Lipinski definition) is 8. The van der Waals surface area contributed by atoms with Crippen molar-refractivity contribution in [3.63, 3.8) is 0 Å². The van der Waals surface area contributed by atoms with E-state index in [0.29, 0.717) is 36.9 Å². The molecule has 0 bridgehead atoms. The van der Waals surface area contributed by atoms with Gasteiger partial charge in [-0.2, -0.15) is 0 Å². The normalized spacial score (nSPS) is 17.8. The van der Waals surface area contributed by atoms with E-state index >= 15 is 0 Å². The van der Waals surface area contributed by atoms with Crippen LogP contribution in [0.1, 0.15) is 34.1 Å². The second-order valence-corrected chi connectivity index (χ2v) is 6.44. The monoisotopic (exact) mass is 348 g/mol. The number of aryl methyl sites for hydroxylation is 1. The first-order valence-corrected chi connectivity index (χ1v) is 8.59. The molecule has 1 fully saturated rings. The molecule has 1 aliphatic heterocycles. The Labute approximate surface area is 144 Å². The molecule has 0 aromatic carbocycles. The topological polar surface area (TPSA) is 84.3 Å². The first-order chi connectivity index (χ1) is 11.6. The van der Waals surface area contributed by atoms with Crippen molar-refractivity contribution in [3.05, 3.63) is 28.5 Å². The summed E-state index contributed by atoms with van der Waals surface area (Å²) in [5.41, 5.74) is 1.54. The van der Waals surface area contributed by atoms with Crippen LogP contribution in [0.5, 0.6) is 0 Å². The molecule has 0 spiro atoms. The average Bonchev–Trinajstić information content (AvgIpc) is 3.10. The number of carbonyl (C=O) groups is 1. The van der Waals surface area contributed by atoms with Gasteiger partial charge in [0.1, 0.15) is 11.0 Å². The summed E-state index contributed by atoms with van der Waals surface area (Å²) in [5, 5.41) is 4.02. The van der Waals surface area contributed by atoms with Gasteiger partial charge in [0, 0.05) is 26.8 Å². The van der Waals surface area contributed by atoms with E-state index in [4.69, 9.17) is 4.74 Å². The van der Waals surface area contributed by atoms with Crippen molar-refractivity contribution in [3.8, 4) is 0 Å². The lowest BCUT2D eigenvalue weighted by atomic mass is 10.2. The van der Waals surface area contributed by atoms with E-state index in [9.17, 15) is 4.79 Å². The van der Waals surface area contributed by atoms with E-state index < -0.39 is 0 Å². The predicted molar refractivity (Wildman–Crippen MR) is 90.2 cm³/mol. The maximum atomic E-state index is 12.8. The number of ether oxygens (including phenoxy) is 1. The van der Waals surface area contributed by atoms with Gasteiger partial charge in [-0.15, -0.1) is 5.10 Å². The van der Waals surface area contributed by atoms with E-state index in [0.717, 1.165) is 22.9 Å².